The van der Waals surface area contributed by atoms with E-state index in [1.54, 1.807) is 6.92 Å². The molecule has 3 aliphatic rings. The molecular weight excluding hydrogens is 547 g/mol. The van der Waals surface area contributed by atoms with Gasteiger partial charge in [0.25, 0.3) is 0 Å². The first kappa shape index (κ1) is 25.9. The molecule has 2 fully saturated rings. The summed E-state index contributed by atoms with van der Waals surface area (Å²) in [5.41, 5.74) is 0.443. The summed E-state index contributed by atoms with van der Waals surface area (Å²) in [4.78, 5) is 14.2. The molecule has 6 rings (SSSR count). The van der Waals surface area contributed by atoms with Crippen LogP contribution in [-0.4, -0.2) is 60.4 Å². The smallest absolute Gasteiger partial charge is 0.417 e. The molecule has 3 aromatic rings. The van der Waals surface area contributed by atoms with Gasteiger partial charge in [-0.15, -0.1) is 0 Å². The Labute approximate surface area is 219 Å². The van der Waals surface area contributed by atoms with Crippen molar-refractivity contribution in [2.75, 3.05) is 23.4 Å². The quantitative estimate of drug-likeness (QED) is 0.271. The topological polar surface area (TPSA) is 123 Å². The predicted octanol–water partition coefficient (Wildman–Crippen LogP) is 3.37. The highest BCUT2D eigenvalue weighted by atomic mass is 32.2. The van der Waals surface area contributed by atoms with Gasteiger partial charge in [-0.25, -0.2) is 32.2 Å². The number of halogens is 5. The second kappa shape index (κ2) is 8.34. The molecule has 1 aromatic carbocycles. The summed E-state index contributed by atoms with van der Waals surface area (Å²) in [6, 6.07) is 0.314. The maximum atomic E-state index is 16.3. The van der Waals surface area contributed by atoms with E-state index in [2.05, 4.69) is 20.3 Å². The van der Waals surface area contributed by atoms with Crippen molar-refractivity contribution in [1.29, 1.82) is 0 Å². The van der Waals surface area contributed by atoms with Gasteiger partial charge in [0.15, 0.2) is 5.82 Å². The first-order chi connectivity index (χ1) is 18.2. The average Bonchev–Trinajstić information content (AvgIpc) is 3.16. The minimum Gasteiger partial charge on any atom is -0.472 e. The zero-order valence-corrected chi connectivity index (χ0v) is 21.7. The van der Waals surface area contributed by atoms with Crippen LogP contribution in [0, 0.1) is 18.6 Å². The number of benzene rings is 1. The molecule has 4 atom stereocenters. The molecule has 0 spiro atoms. The molecule has 2 aromatic heterocycles. The Hall–Kier alpha value is -3.33. The molecule has 15 heteroatoms. The van der Waals surface area contributed by atoms with Crippen LogP contribution in [0.3, 0.4) is 0 Å². The van der Waals surface area contributed by atoms with Crippen LogP contribution in [0.2, 0.25) is 0 Å². The van der Waals surface area contributed by atoms with Crippen molar-refractivity contribution < 1.29 is 35.1 Å². The molecule has 208 valence electrons. The standard InChI is InChI=1S/C24H23F5N6O3S/c1-8-15(24(27,28)29)11(6-12(30)16(8)25)18-17(26)19-14-21(34-23(33-19)39(3,36)37)35-7-10-4-5-13(31-10)20(35)9(2)38-22(14)32-18/h6,9-10,13,20,31H,4-5,7,30H2,1-3H3/t9-,10+,13-,20+/m0/s1. The second-order valence-corrected chi connectivity index (χ2v) is 12.2. The van der Waals surface area contributed by atoms with Crippen LogP contribution in [0.5, 0.6) is 5.88 Å². The van der Waals surface area contributed by atoms with E-state index < -0.39 is 72.5 Å². The number of hydrogen-bond acceptors (Lipinski definition) is 9. The maximum Gasteiger partial charge on any atom is 0.417 e. The van der Waals surface area contributed by atoms with Crippen molar-refractivity contribution in [3.05, 3.63) is 28.8 Å². The summed E-state index contributed by atoms with van der Waals surface area (Å²) in [6.07, 6.45) is -3.18. The number of sulfone groups is 1. The summed E-state index contributed by atoms with van der Waals surface area (Å²) < 4.78 is 104. The Morgan fingerprint density at radius 1 is 1.15 bits per heavy atom. The normalized spacial score (nSPS) is 24.5. The third kappa shape index (κ3) is 3.88. The van der Waals surface area contributed by atoms with E-state index in [1.165, 1.54) is 0 Å². The lowest BCUT2D eigenvalue weighted by Crippen LogP contribution is -2.62. The first-order valence-corrected chi connectivity index (χ1v) is 14.0. The molecule has 0 radical (unpaired) electrons. The third-order valence-corrected chi connectivity index (χ3v) is 8.47. The predicted molar refractivity (Wildman–Crippen MR) is 131 cm³/mol. The van der Waals surface area contributed by atoms with Crippen LogP contribution in [0.15, 0.2) is 11.2 Å². The van der Waals surface area contributed by atoms with E-state index in [0.717, 1.165) is 26.0 Å². The fourth-order valence-corrected chi connectivity index (χ4v) is 6.52. The van der Waals surface area contributed by atoms with Crippen molar-refractivity contribution in [3.8, 4) is 17.1 Å². The van der Waals surface area contributed by atoms with Gasteiger partial charge < -0.3 is 20.7 Å². The number of fused-ring (bicyclic) bond motifs is 5. The maximum absolute atomic E-state index is 16.3. The molecular formula is C24H23F5N6O3S. The van der Waals surface area contributed by atoms with Gasteiger partial charge in [-0.3, -0.25) is 0 Å². The number of nitrogens with zero attached hydrogens (tertiary/aromatic N) is 4. The van der Waals surface area contributed by atoms with Gasteiger partial charge in [-0.2, -0.15) is 13.2 Å². The average molecular weight is 571 g/mol. The Balaban J connectivity index is 1.72. The van der Waals surface area contributed by atoms with Gasteiger partial charge in [-0.1, -0.05) is 0 Å². The van der Waals surface area contributed by atoms with Gasteiger partial charge >= 0.3 is 6.18 Å². The number of nitrogens with one attached hydrogen (secondary N) is 1. The van der Waals surface area contributed by atoms with E-state index in [1.807, 2.05) is 4.90 Å². The molecule has 2 bridgehead atoms. The summed E-state index contributed by atoms with van der Waals surface area (Å²) >= 11 is 0. The molecule has 3 N–H and O–H groups in total. The third-order valence-electron chi connectivity index (χ3n) is 7.63. The second-order valence-electron chi connectivity index (χ2n) is 10.2. The molecule has 0 amide bonds. The number of anilines is 2. The lowest BCUT2D eigenvalue weighted by atomic mass is 9.96. The SMILES string of the molecule is Cc1c(F)c(N)cc(-c2nc3c4c(nc(S(C)(=O)=O)nc4c2F)N2C[C@H]4CC[C@H](N4)[C@H]2[C@H](C)O3)c1C(F)(F)F. The molecule has 39 heavy (non-hydrogen) atoms. The zero-order valence-electron chi connectivity index (χ0n) is 20.9. The van der Waals surface area contributed by atoms with Crippen LogP contribution >= 0.6 is 0 Å². The minimum atomic E-state index is -5.10. The Bertz CT molecular complexity index is 1660. The van der Waals surface area contributed by atoms with Crippen molar-refractivity contribution in [2.45, 2.75) is 62.3 Å². The van der Waals surface area contributed by atoms with Crippen molar-refractivity contribution in [3.63, 3.8) is 0 Å². The summed E-state index contributed by atoms with van der Waals surface area (Å²) in [5, 5.41) is 2.74. The molecule has 0 unspecified atom stereocenters. The first-order valence-electron chi connectivity index (χ1n) is 12.1. The number of ether oxygens (including phenoxy) is 1. The highest BCUT2D eigenvalue weighted by Crippen LogP contribution is 2.47. The summed E-state index contributed by atoms with van der Waals surface area (Å²) in [6.45, 7) is 3.04. The molecule has 0 saturated carbocycles. The largest absolute Gasteiger partial charge is 0.472 e. The van der Waals surface area contributed by atoms with Crippen LogP contribution in [0.1, 0.15) is 30.9 Å². The molecule has 0 aliphatic carbocycles. The number of nitrogen functional groups attached to an aromatic ring is 1. The van der Waals surface area contributed by atoms with E-state index in [4.69, 9.17) is 10.5 Å². The van der Waals surface area contributed by atoms with Crippen LogP contribution in [-0.2, 0) is 16.0 Å². The van der Waals surface area contributed by atoms with Gasteiger partial charge in [0.05, 0.1) is 17.3 Å². The van der Waals surface area contributed by atoms with Crippen molar-refractivity contribution in [2.24, 2.45) is 0 Å². The highest BCUT2D eigenvalue weighted by Gasteiger charge is 2.47. The van der Waals surface area contributed by atoms with Crippen molar-refractivity contribution >= 4 is 32.2 Å². The molecule has 3 aliphatic heterocycles. The van der Waals surface area contributed by atoms with Crippen LogP contribution in [0.25, 0.3) is 22.2 Å². The van der Waals surface area contributed by atoms with E-state index >= 15 is 4.39 Å². The Morgan fingerprint density at radius 3 is 2.54 bits per heavy atom. The Kier molecular flexibility index (Phi) is 5.54. The fourth-order valence-electron chi connectivity index (χ4n) is 6.01. The van der Waals surface area contributed by atoms with Gasteiger partial charge in [0.1, 0.15) is 34.3 Å². The molecule has 5 heterocycles. The minimum absolute atomic E-state index is 0.0551. The van der Waals surface area contributed by atoms with E-state index in [9.17, 15) is 26.0 Å². The van der Waals surface area contributed by atoms with Crippen molar-refractivity contribution in [1.82, 2.24) is 20.3 Å². The van der Waals surface area contributed by atoms with Crippen LogP contribution in [0.4, 0.5) is 33.5 Å². The number of piperazine rings is 1. The lowest BCUT2D eigenvalue weighted by Gasteiger charge is -2.42. The van der Waals surface area contributed by atoms with E-state index in [0.29, 0.717) is 12.6 Å². The molecule has 2 saturated heterocycles. The lowest BCUT2D eigenvalue weighted by molar-refractivity contribution is -0.137. The number of hydrogen-bond donors (Lipinski definition) is 2. The monoisotopic (exact) mass is 570 g/mol. The fraction of sp³-hybridized carbons (Fsp3) is 0.458. The summed E-state index contributed by atoms with van der Waals surface area (Å²) in [7, 11) is -4.08. The van der Waals surface area contributed by atoms with Gasteiger partial charge in [0.2, 0.25) is 20.9 Å². The number of pyridine rings is 1. The number of alkyl halides is 3. The molecule has 9 nitrogen and oxygen atoms in total. The highest BCUT2D eigenvalue weighted by molar-refractivity contribution is 7.90. The van der Waals surface area contributed by atoms with Gasteiger partial charge in [-0.05, 0) is 38.3 Å². The van der Waals surface area contributed by atoms with Crippen LogP contribution < -0.4 is 20.7 Å². The number of rotatable bonds is 2. The number of nitrogens with two attached hydrogens (primary N) is 1. The Morgan fingerprint density at radius 2 is 1.87 bits per heavy atom. The van der Waals surface area contributed by atoms with Gasteiger partial charge in [0, 0.05) is 30.4 Å². The zero-order chi connectivity index (χ0) is 28.2. The van der Waals surface area contributed by atoms with E-state index in [-0.39, 0.29) is 35.2 Å². The summed E-state index contributed by atoms with van der Waals surface area (Å²) in [5.74, 6) is -2.82. The number of aromatic nitrogens is 3.